The fourth-order valence-corrected chi connectivity index (χ4v) is 9.19. The summed E-state index contributed by atoms with van der Waals surface area (Å²) >= 11 is 0. The molecule has 0 aliphatic rings. The van der Waals surface area contributed by atoms with Crippen LogP contribution in [0.1, 0.15) is 0 Å². The van der Waals surface area contributed by atoms with Crippen molar-refractivity contribution in [1.82, 2.24) is 14.5 Å². The fraction of sp³-hybridized carbons (Fsp3) is 0. The normalized spacial score (nSPS) is 11.5. The topological polar surface area (TPSA) is 43.9 Å². The summed E-state index contributed by atoms with van der Waals surface area (Å²) in [6.45, 7) is 0. The Hall–Kier alpha value is -8.34. The van der Waals surface area contributed by atoms with Crippen molar-refractivity contribution in [2.24, 2.45) is 0 Å². The van der Waals surface area contributed by atoms with Crippen molar-refractivity contribution in [3.63, 3.8) is 0 Å². The van der Waals surface area contributed by atoms with Gasteiger partial charge in [0.2, 0.25) is 0 Å². The van der Waals surface area contributed by atoms with Crippen molar-refractivity contribution >= 4 is 65.3 Å². The number of fused-ring (bicyclic) bond motifs is 11. The number of benzene rings is 9. The van der Waals surface area contributed by atoms with Gasteiger partial charge >= 0.3 is 0 Å². The molecule has 0 spiro atoms. The molecule has 3 heterocycles. The SMILES string of the molecule is c1ccc(-c2ccc3oc4ccccc4c4ccccc4c4c(ccc5c4c4ccccc4n5-c4cccc(-c5cc(-c6ccccc6)nc(-c6ccccc6)n5)c4)c3c2)cc1. The van der Waals surface area contributed by atoms with E-state index < -0.39 is 0 Å². The van der Waals surface area contributed by atoms with Crippen LogP contribution in [0, 0.1) is 0 Å². The highest BCUT2D eigenvalue weighted by Crippen LogP contribution is 2.43. The molecule has 0 unspecified atom stereocenters. The second-order valence-corrected chi connectivity index (χ2v) is 15.7. The summed E-state index contributed by atoms with van der Waals surface area (Å²) in [6.07, 6.45) is 0. The second-order valence-electron chi connectivity index (χ2n) is 15.7. The van der Waals surface area contributed by atoms with Crippen LogP contribution in [0.4, 0.5) is 0 Å². The zero-order chi connectivity index (χ0) is 41.0. The molecule has 3 aromatic heterocycles. The largest absolute Gasteiger partial charge is 0.456 e. The van der Waals surface area contributed by atoms with Gasteiger partial charge in [-0.2, -0.15) is 0 Å². The van der Waals surface area contributed by atoms with Gasteiger partial charge in [-0.15, -0.1) is 0 Å². The van der Waals surface area contributed by atoms with Gasteiger partial charge in [0.1, 0.15) is 11.2 Å². The van der Waals surface area contributed by atoms with Gasteiger partial charge < -0.3 is 8.98 Å². The zero-order valence-corrected chi connectivity index (χ0v) is 33.6. The maximum atomic E-state index is 6.95. The summed E-state index contributed by atoms with van der Waals surface area (Å²) in [4.78, 5) is 10.3. The van der Waals surface area contributed by atoms with Crippen LogP contribution in [-0.2, 0) is 0 Å². The number of hydrogen-bond donors (Lipinski definition) is 0. The molecule has 0 saturated heterocycles. The smallest absolute Gasteiger partial charge is 0.160 e. The molecule has 0 N–H and O–H groups in total. The Morgan fingerprint density at radius 2 is 0.887 bits per heavy atom. The molecule has 12 aromatic rings. The van der Waals surface area contributed by atoms with Crippen molar-refractivity contribution < 1.29 is 4.42 Å². The Bertz CT molecular complexity index is 3680. The standard InChI is InChI=1S/C58H37N3O/c1-4-17-38(18-5-1)41-31-34-55-49(36-41)47-32-33-53-57(56(47)46-27-11-10-25-44(46)45-26-13-15-30-54(45)62-55)48-28-12-14-29-52(48)61(53)43-24-16-23-42(35-43)51-37-50(39-19-6-2-7-20-39)59-58(60-51)40-21-8-3-9-22-40/h1-37H. The monoisotopic (exact) mass is 791 g/mol. The molecule has 0 aliphatic heterocycles. The van der Waals surface area contributed by atoms with E-state index in [2.05, 4.69) is 205 Å². The van der Waals surface area contributed by atoms with Crippen LogP contribution < -0.4 is 0 Å². The quantitative estimate of drug-likeness (QED) is 0.174. The molecule has 0 aliphatic carbocycles. The minimum Gasteiger partial charge on any atom is -0.456 e. The highest BCUT2D eigenvalue weighted by atomic mass is 16.3. The van der Waals surface area contributed by atoms with Crippen molar-refractivity contribution in [3.05, 3.63) is 224 Å². The van der Waals surface area contributed by atoms with E-state index in [1.807, 2.05) is 24.3 Å². The van der Waals surface area contributed by atoms with Crippen molar-refractivity contribution in [1.29, 1.82) is 0 Å². The van der Waals surface area contributed by atoms with E-state index >= 15 is 0 Å². The van der Waals surface area contributed by atoms with E-state index in [0.717, 1.165) is 94.0 Å². The van der Waals surface area contributed by atoms with Crippen LogP contribution >= 0.6 is 0 Å². The first-order valence-electron chi connectivity index (χ1n) is 21.0. The summed E-state index contributed by atoms with van der Waals surface area (Å²) in [5.41, 5.74) is 12.0. The third-order valence-corrected chi connectivity index (χ3v) is 12.0. The molecule has 0 saturated carbocycles. The fourth-order valence-electron chi connectivity index (χ4n) is 9.19. The molecular weight excluding hydrogens is 755 g/mol. The number of nitrogens with zero attached hydrogens (tertiary/aromatic N) is 3. The number of para-hydroxylation sites is 2. The molecule has 4 nitrogen and oxygen atoms in total. The molecule has 0 bridgehead atoms. The highest BCUT2D eigenvalue weighted by Gasteiger charge is 2.19. The predicted molar refractivity (Wildman–Crippen MR) is 258 cm³/mol. The molecule has 0 atom stereocenters. The first-order valence-corrected chi connectivity index (χ1v) is 21.0. The maximum Gasteiger partial charge on any atom is 0.160 e. The Kier molecular flexibility index (Phi) is 8.46. The lowest BCUT2D eigenvalue weighted by Crippen LogP contribution is -1.97. The number of rotatable bonds is 5. The number of hydrogen-bond acceptors (Lipinski definition) is 3. The van der Waals surface area contributed by atoms with Gasteiger partial charge in [-0.25, -0.2) is 9.97 Å². The van der Waals surface area contributed by atoms with Gasteiger partial charge in [-0.05, 0) is 75.8 Å². The van der Waals surface area contributed by atoms with E-state index in [-0.39, 0.29) is 0 Å². The summed E-state index contributed by atoms with van der Waals surface area (Å²) in [5, 5.41) is 9.02. The van der Waals surface area contributed by atoms with Crippen molar-refractivity contribution in [3.8, 4) is 50.7 Å². The van der Waals surface area contributed by atoms with Crippen LogP contribution in [0.2, 0.25) is 0 Å². The van der Waals surface area contributed by atoms with Crippen LogP contribution in [0.25, 0.3) is 116 Å². The molecule has 0 amide bonds. The first kappa shape index (κ1) is 35.6. The molecular formula is C58H37N3O. The van der Waals surface area contributed by atoms with E-state index in [1.54, 1.807) is 0 Å². The minimum atomic E-state index is 0.693. The lowest BCUT2D eigenvalue weighted by atomic mass is 9.96. The maximum absolute atomic E-state index is 6.95. The lowest BCUT2D eigenvalue weighted by molar-refractivity contribution is 0.663. The van der Waals surface area contributed by atoms with Crippen LogP contribution in [0.3, 0.4) is 0 Å². The van der Waals surface area contributed by atoms with Gasteiger partial charge in [0.25, 0.3) is 0 Å². The van der Waals surface area contributed by atoms with E-state index in [1.165, 1.54) is 16.2 Å². The summed E-state index contributed by atoms with van der Waals surface area (Å²) in [7, 11) is 0. The lowest BCUT2D eigenvalue weighted by Gasteiger charge is -2.12. The summed E-state index contributed by atoms with van der Waals surface area (Å²) < 4.78 is 9.36. The zero-order valence-electron chi connectivity index (χ0n) is 33.6. The molecule has 9 aromatic carbocycles. The molecule has 4 heteroatoms. The van der Waals surface area contributed by atoms with Crippen LogP contribution in [-0.4, -0.2) is 14.5 Å². The average Bonchev–Trinajstić information content (AvgIpc) is 3.71. The van der Waals surface area contributed by atoms with Crippen LogP contribution in [0.5, 0.6) is 0 Å². The van der Waals surface area contributed by atoms with Crippen molar-refractivity contribution in [2.75, 3.05) is 0 Å². The van der Waals surface area contributed by atoms with Crippen molar-refractivity contribution in [2.45, 2.75) is 0 Å². The van der Waals surface area contributed by atoms with Gasteiger partial charge in [0.15, 0.2) is 5.82 Å². The summed E-state index contributed by atoms with van der Waals surface area (Å²) in [5.74, 6) is 0.693. The van der Waals surface area contributed by atoms with Crippen LogP contribution in [0.15, 0.2) is 229 Å². The van der Waals surface area contributed by atoms with E-state index in [0.29, 0.717) is 5.82 Å². The Morgan fingerprint density at radius 3 is 1.66 bits per heavy atom. The minimum absolute atomic E-state index is 0.693. The molecule has 290 valence electrons. The molecule has 0 radical (unpaired) electrons. The Balaban J connectivity index is 1.18. The Labute approximate surface area is 358 Å². The van der Waals surface area contributed by atoms with Gasteiger partial charge in [0, 0.05) is 49.3 Å². The average molecular weight is 792 g/mol. The first-order chi connectivity index (χ1) is 30.7. The van der Waals surface area contributed by atoms with E-state index in [4.69, 9.17) is 14.4 Å². The van der Waals surface area contributed by atoms with Gasteiger partial charge in [-0.1, -0.05) is 176 Å². The molecule has 0 fully saturated rings. The third-order valence-electron chi connectivity index (χ3n) is 12.0. The predicted octanol–water partition coefficient (Wildman–Crippen LogP) is 15.6. The Morgan fingerprint density at radius 1 is 0.306 bits per heavy atom. The molecule has 12 rings (SSSR count). The highest BCUT2D eigenvalue weighted by molar-refractivity contribution is 6.32. The molecule has 62 heavy (non-hydrogen) atoms. The summed E-state index contributed by atoms with van der Waals surface area (Å²) in [6, 6.07) is 79.2. The number of aromatic nitrogens is 3. The second kappa shape index (κ2) is 14.7. The third kappa shape index (κ3) is 6.00. The van der Waals surface area contributed by atoms with E-state index in [9.17, 15) is 0 Å². The van der Waals surface area contributed by atoms with Gasteiger partial charge in [-0.3, -0.25) is 0 Å². The van der Waals surface area contributed by atoms with Gasteiger partial charge in [0.05, 0.1) is 22.4 Å².